The Morgan fingerprint density at radius 1 is 1.29 bits per heavy atom. The third kappa shape index (κ3) is 2.70. The molecule has 1 aliphatic rings. The summed E-state index contributed by atoms with van der Waals surface area (Å²) >= 11 is 0. The first-order valence-corrected chi connectivity index (χ1v) is 5.82. The fourth-order valence-electron chi connectivity index (χ4n) is 1.75. The fraction of sp³-hybridized carbons (Fsp3) is 0.462. The molecule has 4 nitrogen and oxygen atoms in total. The van der Waals surface area contributed by atoms with E-state index in [9.17, 15) is 4.79 Å². The van der Waals surface area contributed by atoms with Gasteiger partial charge in [-0.15, -0.1) is 0 Å². The molecule has 2 rings (SSSR count). The van der Waals surface area contributed by atoms with Crippen LogP contribution < -0.4 is 14.8 Å². The second kappa shape index (κ2) is 4.28. The Morgan fingerprint density at radius 3 is 2.71 bits per heavy atom. The molecule has 1 heterocycles. The van der Waals surface area contributed by atoms with Gasteiger partial charge in [-0.05, 0) is 18.6 Å². The lowest BCUT2D eigenvalue weighted by molar-refractivity contribution is -0.116. The Balaban J connectivity index is 2.11. The Bertz CT molecular complexity index is 440. The van der Waals surface area contributed by atoms with Crippen LogP contribution in [0.4, 0.5) is 5.69 Å². The van der Waals surface area contributed by atoms with Crippen molar-refractivity contribution in [3.63, 3.8) is 0 Å². The highest BCUT2D eigenvalue weighted by molar-refractivity contribution is 5.91. The van der Waals surface area contributed by atoms with Gasteiger partial charge in [0, 0.05) is 32.0 Å². The average molecular weight is 235 g/mol. The lowest BCUT2D eigenvalue weighted by Gasteiger charge is -2.16. The molecule has 0 saturated carbocycles. The standard InChI is InChI=1S/C13H17NO3/c1-4-5-12(15)14-9-6-7-10-11(8-9)17-13(2,3)16-10/h6-8H,4-5H2,1-3H3,(H,14,15). The number of hydrogen-bond acceptors (Lipinski definition) is 3. The smallest absolute Gasteiger partial charge is 0.246 e. The Hall–Kier alpha value is -1.71. The normalized spacial score (nSPS) is 15.7. The Labute approximate surface area is 101 Å². The van der Waals surface area contributed by atoms with Crippen molar-refractivity contribution in [2.45, 2.75) is 39.4 Å². The van der Waals surface area contributed by atoms with Crippen molar-refractivity contribution >= 4 is 11.6 Å². The van der Waals surface area contributed by atoms with E-state index in [-0.39, 0.29) is 5.91 Å². The van der Waals surface area contributed by atoms with Crippen LogP contribution in [0.15, 0.2) is 18.2 Å². The van der Waals surface area contributed by atoms with Crippen molar-refractivity contribution < 1.29 is 14.3 Å². The van der Waals surface area contributed by atoms with Crippen LogP contribution >= 0.6 is 0 Å². The third-order valence-corrected chi connectivity index (χ3v) is 2.42. The number of ether oxygens (including phenoxy) is 2. The average Bonchev–Trinajstić information content (AvgIpc) is 2.51. The molecule has 1 aliphatic heterocycles. The van der Waals surface area contributed by atoms with Crippen molar-refractivity contribution in [1.82, 2.24) is 0 Å². The number of anilines is 1. The SMILES string of the molecule is CCCC(=O)Nc1ccc2c(c1)OC(C)(C)O2. The minimum atomic E-state index is -0.631. The Morgan fingerprint density at radius 2 is 2.00 bits per heavy atom. The number of carbonyl (C=O) groups excluding carboxylic acids is 1. The van der Waals surface area contributed by atoms with Crippen molar-refractivity contribution in [1.29, 1.82) is 0 Å². The molecule has 0 saturated heterocycles. The van der Waals surface area contributed by atoms with Gasteiger partial charge in [-0.3, -0.25) is 4.79 Å². The van der Waals surface area contributed by atoms with Gasteiger partial charge in [0.05, 0.1) is 0 Å². The zero-order chi connectivity index (χ0) is 12.5. The lowest BCUT2D eigenvalue weighted by Crippen LogP contribution is -2.29. The second-order valence-corrected chi connectivity index (χ2v) is 4.56. The summed E-state index contributed by atoms with van der Waals surface area (Å²) in [5.74, 6) is 0.771. The van der Waals surface area contributed by atoms with Gasteiger partial charge in [-0.25, -0.2) is 0 Å². The summed E-state index contributed by atoms with van der Waals surface area (Å²) < 4.78 is 11.2. The number of benzene rings is 1. The zero-order valence-corrected chi connectivity index (χ0v) is 10.4. The largest absolute Gasteiger partial charge is 0.449 e. The molecule has 0 radical (unpaired) electrons. The molecule has 0 spiro atoms. The van der Waals surface area contributed by atoms with Gasteiger partial charge in [0.1, 0.15) is 0 Å². The molecule has 0 fully saturated rings. The highest BCUT2D eigenvalue weighted by atomic mass is 16.7. The lowest BCUT2D eigenvalue weighted by atomic mass is 10.2. The Kier molecular flexibility index (Phi) is 2.96. The third-order valence-electron chi connectivity index (χ3n) is 2.42. The van der Waals surface area contributed by atoms with Crippen molar-refractivity contribution in [2.75, 3.05) is 5.32 Å². The maximum Gasteiger partial charge on any atom is 0.246 e. The van der Waals surface area contributed by atoms with Gasteiger partial charge in [-0.2, -0.15) is 0 Å². The number of carbonyl (C=O) groups is 1. The van der Waals surface area contributed by atoms with Crippen LogP contribution in [-0.4, -0.2) is 11.7 Å². The number of fused-ring (bicyclic) bond motifs is 1. The molecule has 0 aromatic heterocycles. The molecule has 0 unspecified atom stereocenters. The van der Waals surface area contributed by atoms with E-state index < -0.39 is 5.79 Å². The van der Waals surface area contributed by atoms with E-state index in [0.29, 0.717) is 17.9 Å². The van der Waals surface area contributed by atoms with E-state index in [1.165, 1.54) is 0 Å². The van der Waals surface area contributed by atoms with Gasteiger partial charge in [-0.1, -0.05) is 6.92 Å². The maximum absolute atomic E-state index is 11.5. The van der Waals surface area contributed by atoms with Crippen LogP contribution in [0.3, 0.4) is 0 Å². The summed E-state index contributed by atoms with van der Waals surface area (Å²) in [6.45, 7) is 5.67. The highest BCUT2D eigenvalue weighted by Crippen LogP contribution is 2.40. The van der Waals surface area contributed by atoms with E-state index >= 15 is 0 Å². The van der Waals surface area contributed by atoms with Crippen LogP contribution in [0.2, 0.25) is 0 Å². The molecule has 0 aliphatic carbocycles. The first kappa shape index (κ1) is 11.8. The maximum atomic E-state index is 11.5. The van der Waals surface area contributed by atoms with Crippen molar-refractivity contribution in [3.8, 4) is 11.5 Å². The van der Waals surface area contributed by atoms with Crippen LogP contribution in [0.1, 0.15) is 33.6 Å². The summed E-state index contributed by atoms with van der Waals surface area (Å²) in [5, 5.41) is 2.83. The van der Waals surface area contributed by atoms with Gasteiger partial charge in [0.2, 0.25) is 11.7 Å². The molecule has 4 heteroatoms. The predicted octanol–water partition coefficient (Wildman–Crippen LogP) is 2.93. The van der Waals surface area contributed by atoms with E-state index in [0.717, 1.165) is 12.1 Å². The molecular weight excluding hydrogens is 218 g/mol. The van der Waals surface area contributed by atoms with E-state index in [2.05, 4.69) is 5.32 Å². The van der Waals surface area contributed by atoms with Crippen LogP contribution in [0, 0.1) is 0 Å². The molecule has 92 valence electrons. The van der Waals surface area contributed by atoms with E-state index in [1.807, 2.05) is 32.9 Å². The summed E-state index contributed by atoms with van der Waals surface area (Å²) in [4.78, 5) is 11.5. The van der Waals surface area contributed by atoms with Gasteiger partial charge >= 0.3 is 0 Å². The summed E-state index contributed by atoms with van der Waals surface area (Å²) in [6.07, 6.45) is 1.36. The first-order valence-electron chi connectivity index (χ1n) is 5.82. The predicted molar refractivity (Wildman–Crippen MR) is 65.3 cm³/mol. The van der Waals surface area contributed by atoms with Crippen LogP contribution in [0.25, 0.3) is 0 Å². The van der Waals surface area contributed by atoms with Crippen LogP contribution in [0.5, 0.6) is 11.5 Å². The zero-order valence-electron chi connectivity index (χ0n) is 10.4. The van der Waals surface area contributed by atoms with Gasteiger partial charge in [0.15, 0.2) is 11.5 Å². The number of amides is 1. The molecular formula is C13H17NO3. The molecule has 1 aromatic carbocycles. The quantitative estimate of drug-likeness (QED) is 0.876. The monoisotopic (exact) mass is 235 g/mol. The minimum absolute atomic E-state index is 0.0191. The number of rotatable bonds is 3. The minimum Gasteiger partial charge on any atom is -0.449 e. The topological polar surface area (TPSA) is 47.6 Å². The van der Waals surface area contributed by atoms with E-state index in [4.69, 9.17) is 9.47 Å². The number of hydrogen-bond donors (Lipinski definition) is 1. The molecule has 1 amide bonds. The van der Waals surface area contributed by atoms with Gasteiger partial charge < -0.3 is 14.8 Å². The molecule has 17 heavy (non-hydrogen) atoms. The van der Waals surface area contributed by atoms with E-state index in [1.54, 1.807) is 6.07 Å². The first-order chi connectivity index (χ1) is 8.00. The molecule has 1 aromatic rings. The molecule has 0 bridgehead atoms. The van der Waals surface area contributed by atoms with Crippen molar-refractivity contribution in [2.24, 2.45) is 0 Å². The highest BCUT2D eigenvalue weighted by Gasteiger charge is 2.31. The fourth-order valence-corrected chi connectivity index (χ4v) is 1.75. The number of nitrogens with one attached hydrogen (secondary N) is 1. The molecule has 0 atom stereocenters. The summed E-state index contributed by atoms with van der Waals surface area (Å²) in [7, 11) is 0. The van der Waals surface area contributed by atoms with Gasteiger partial charge in [0.25, 0.3) is 0 Å². The molecule has 1 N–H and O–H groups in total. The van der Waals surface area contributed by atoms with Crippen LogP contribution in [-0.2, 0) is 4.79 Å². The summed E-state index contributed by atoms with van der Waals surface area (Å²) in [5.41, 5.74) is 0.739. The second-order valence-electron chi connectivity index (χ2n) is 4.56. The summed E-state index contributed by atoms with van der Waals surface area (Å²) in [6, 6.07) is 5.42. The van der Waals surface area contributed by atoms with Crippen molar-refractivity contribution in [3.05, 3.63) is 18.2 Å².